The van der Waals surface area contributed by atoms with E-state index >= 15 is 0 Å². The third-order valence-electron chi connectivity index (χ3n) is 7.43. The molecule has 2 aromatic carbocycles. The summed E-state index contributed by atoms with van der Waals surface area (Å²) in [4.78, 5) is 41.8. The number of carbonyl (C=O) groups excluding carboxylic acids is 3. The lowest BCUT2D eigenvalue weighted by Gasteiger charge is -2.30. The molecule has 3 aliphatic heterocycles. The van der Waals surface area contributed by atoms with Crippen molar-refractivity contribution in [2.75, 3.05) is 11.9 Å². The number of carbonyl (C=O) groups is 3. The fraction of sp³-hybridized carbons (Fsp3) is 0.400. The summed E-state index contributed by atoms with van der Waals surface area (Å²) >= 11 is 0. The Hall–Kier alpha value is -3.03. The zero-order valence-corrected chi connectivity index (χ0v) is 18.4. The standard InChI is InChI=1S/C25H27N3O4/c1-13-9-10-17-20(14(13)2)26-24(32)25(17)19-18(21(27-25)15(3)29)22(30)28(23(19)31)12-11-16-7-5-4-6-8-16/h4-10,15,18-19,21,27,29H,11-12H2,1-3H3,(H,26,32)/t15-,18+,19-,21-,25-/m1/s1. The largest absolute Gasteiger partial charge is 0.392 e. The van der Waals surface area contributed by atoms with E-state index in [9.17, 15) is 19.5 Å². The van der Waals surface area contributed by atoms with Crippen LogP contribution in [0.4, 0.5) is 5.69 Å². The summed E-state index contributed by atoms with van der Waals surface area (Å²) in [7, 11) is 0. The highest BCUT2D eigenvalue weighted by Crippen LogP contribution is 2.54. The Balaban J connectivity index is 1.57. The lowest BCUT2D eigenvalue weighted by atomic mass is 9.76. The molecule has 0 unspecified atom stereocenters. The fourth-order valence-corrected chi connectivity index (χ4v) is 5.63. The Morgan fingerprint density at radius 2 is 1.78 bits per heavy atom. The third-order valence-corrected chi connectivity index (χ3v) is 7.43. The Morgan fingerprint density at radius 3 is 2.47 bits per heavy atom. The van der Waals surface area contributed by atoms with Gasteiger partial charge in [-0.3, -0.25) is 24.6 Å². The molecule has 0 aromatic heterocycles. The molecule has 3 N–H and O–H groups in total. The van der Waals surface area contributed by atoms with E-state index in [1.807, 2.05) is 56.3 Å². The zero-order chi connectivity index (χ0) is 22.8. The van der Waals surface area contributed by atoms with Crippen LogP contribution < -0.4 is 10.6 Å². The van der Waals surface area contributed by atoms with Crippen LogP contribution in [0.15, 0.2) is 42.5 Å². The Labute approximate surface area is 186 Å². The van der Waals surface area contributed by atoms with Crippen LogP contribution in [0.5, 0.6) is 0 Å². The second-order valence-corrected chi connectivity index (χ2v) is 9.17. The number of rotatable bonds is 4. The van der Waals surface area contributed by atoms with Crippen molar-refractivity contribution in [3.63, 3.8) is 0 Å². The van der Waals surface area contributed by atoms with Gasteiger partial charge in [-0.1, -0.05) is 42.5 Å². The van der Waals surface area contributed by atoms with E-state index in [1.54, 1.807) is 6.92 Å². The predicted molar refractivity (Wildman–Crippen MR) is 119 cm³/mol. The molecule has 7 nitrogen and oxygen atoms in total. The van der Waals surface area contributed by atoms with Crippen LogP contribution in [0.2, 0.25) is 0 Å². The Morgan fingerprint density at radius 1 is 1.06 bits per heavy atom. The maximum atomic E-state index is 13.7. The average molecular weight is 434 g/mol. The number of nitrogens with zero attached hydrogens (tertiary/aromatic N) is 1. The van der Waals surface area contributed by atoms with Gasteiger partial charge in [0.2, 0.25) is 17.7 Å². The second kappa shape index (κ2) is 7.25. The van der Waals surface area contributed by atoms with Gasteiger partial charge in [0.25, 0.3) is 0 Å². The molecule has 2 aromatic rings. The number of likely N-dealkylation sites (tertiary alicyclic amines) is 1. The summed E-state index contributed by atoms with van der Waals surface area (Å²) in [5.41, 5.74) is 2.99. The average Bonchev–Trinajstić information content (AvgIpc) is 3.36. The first kappa shape index (κ1) is 20.8. The monoisotopic (exact) mass is 433 g/mol. The molecule has 7 heteroatoms. The van der Waals surface area contributed by atoms with Crippen molar-refractivity contribution < 1.29 is 19.5 Å². The quantitative estimate of drug-likeness (QED) is 0.637. The molecule has 2 saturated heterocycles. The minimum absolute atomic E-state index is 0.249. The topological polar surface area (TPSA) is 98.7 Å². The van der Waals surface area contributed by atoms with Crippen molar-refractivity contribution in [1.29, 1.82) is 0 Å². The van der Waals surface area contributed by atoms with Gasteiger partial charge >= 0.3 is 0 Å². The van der Waals surface area contributed by atoms with E-state index in [1.165, 1.54) is 4.90 Å². The van der Waals surface area contributed by atoms with Crippen LogP contribution in [-0.2, 0) is 26.3 Å². The smallest absolute Gasteiger partial charge is 0.250 e. The van der Waals surface area contributed by atoms with E-state index < -0.39 is 29.5 Å². The SMILES string of the molecule is Cc1ccc2c(c1C)NC(=O)[C@@]21N[C@H]([C@@H](C)O)[C@H]2C(=O)N(CCc3ccccc3)C(=O)[C@@H]21. The van der Waals surface area contributed by atoms with Crippen molar-refractivity contribution in [2.45, 2.75) is 44.9 Å². The fourth-order valence-electron chi connectivity index (χ4n) is 5.63. The number of imide groups is 1. The molecular formula is C25H27N3O4. The van der Waals surface area contributed by atoms with Gasteiger partial charge in [-0.15, -0.1) is 0 Å². The first-order valence-corrected chi connectivity index (χ1v) is 11.0. The molecule has 3 heterocycles. The minimum Gasteiger partial charge on any atom is -0.392 e. The van der Waals surface area contributed by atoms with Crippen LogP contribution in [0.25, 0.3) is 0 Å². The number of aliphatic hydroxyl groups excluding tert-OH is 1. The van der Waals surface area contributed by atoms with Gasteiger partial charge in [-0.05, 0) is 43.9 Å². The number of hydrogen-bond acceptors (Lipinski definition) is 5. The van der Waals surface area contributed by atoms with Crippen molar-refractivity contribution in [2.24, 2.45) is 11.8 Å². The predicted octanol–water partition coefficient (Wildman–Crippen LogP) is 1.65. The minimum atomic E-state index is -1.37. The van der Waals surface area contributed by atoms with Gasteiger partial charge < -0.3 is 10.4 Å². The summed E-state index contributed by atoms with van der Waals surface area (Å²) in [5, 5.41) is 16.7. The molecule has 0 bridgehead atoms. The van der Waals surface area contributed by atoms with Crippen molar-refractivity contribution in [3.05, 3.63) is 64.7 Å². The van der Waals surface area contributed by atoms with E-state index in [2.05, 4.69) is 10.6 Å². The van der Waals surface area contributed by atoms with Crippen molar-refractivity contribution in [3.8, 4) is 0 Å². The molecule has 1 spiro atoms. The molecule has 0 radical (unpaired) electrons. The molecule has 5 atom stereocenters. The van der Waals surface area contributed by atoms with Crippen LogP contribution in [0, 0.1) is 25.7 Å². The lowest BCUT2D eigenvalue weighted by molar-refractivity contribution is -0.143. The van der Waals surface area contributed by atoms with E-state index in [0.717, 1.165) is 16.7 Å². The molecule has 32 heavy (non-hydrogen) atoms. The van der Waals surface area contributed by atoms with E-state index in [-0.39, 0.29) is 24.3 Å². The molecule has 0 saturated carbocycles. The summed E-state index contributed by atoms with van der Waals surface area (Å²) in [5.74, 6) is -2.71. The molecule has 2 fully saturated rings. The Kier molecular flexibility index (Phi) is 4.72. The van der Waals surface area contributed by atoms with Gasteiger partial charge in [-0.2, -0.15) is 0 Å². The zero-order valence-electron chi connectivity index (χ0n) is 18.4. The summed E-state index contributed by atoms with van der Waals surface area (Å²) in [6, 6.07) is 12.8. The third kappa shape index (κ3) is 2.71. The van der Waals surface area contributed by atoms with Crippen LogP contribution >= 0.6 is 0 Å². The number of benzene rings is 2. The maximum absolute atomic E-state index is 13.7. The number of anilines is 1. The number of aliphatic hydroxyl groups is 1. The summed E-state index contributed by atoms with van der Waals surface area (Å²) in [6.07, 6.45) is -0.366. The molecule has 3 amide bonds. The molecule has 5 rings (SSSR count). The van der Waals surface area contributed by atoms with Crippen molar-refractivity contribution >= 4 is 23.4 Å². The molecule has 166 valence electrons. The molecule has 0 aliphatic carbocycles. The summed E-state index contributed by atoms with van der Waals surface area (Å²) < 4.78 is 0. The van der Waals surface area contributed by atoms with Gasteiger partial charge in [0.1, 0.15) is 5.54 Å². The van der Waals surface area contributed by atoms with Crippen LogP contribution in [-0.4, -0.2) is 46.4 Å². The first-order valence-electron chi connectivity index (χ1n) is 11.0. The van der Waals surface area contributed by atoms with Crippen molar-refractivity contribution in [1.82, 2.24) is 10.2 Å². The second-order valence-electron chi connectivity index (χ2n) is 9.17. The number of aryl methyl sites for hydroxylation is 1. The lowest BCUT2D eigenvalue weighted by Crippen LogP contribution is -2.55. The summed E-state index contributed by atoms with van der Waals surface area (Å²) in [6.45, 7) is 5.73. The maximum Gasteiger partial charge on any atom is 0.250 e. The van der Waals surface area contributed by atoms with Gasteiger partial charge in [-0.25, -0.2) is 0 Å². The van der Waals surface area contributed by atoms with E-state index in [4.69, 9.17) is 0 Å². The normalized spacial score (nSPS) is 29.4. The van der Waals surface area contributed by atoms with Crippen LogP contribution in [0.3, 0.4) is 0 Å². The highest BCUT2D eigenvalue weighted by atomic mass is 16.3. The molecule has 3 aliphatic rings. The van der Waals surface area contributed by atoms with Crippen LogP contribution in [0.1, 0.15) is 29.2 Å². The molecular weight excluding hydrogens is 406 g/mol. The highest BCUT2D eigenvalue weighted by molar-refractivity contribution is 6.15. The van der Waals surface area contributed by atoms with Gasteiger partial charge in [0.05, 0.1) is 17.9 Å². The highest BCUT2D eigenvalue weighted by Gasteiger charge is 2.71. The number of nitrogens with one attached hydrogen (secondary N) is 2. The van der Waals surface area contributed by atoms with Gasteiger partial charge in [0.15, 0.2) is 0 Å². The Bertz CT molecular complexity index is 1130. The number of amides is 3. The number of hydrogen-bond donors (Lipinski definition) is 3. The van der Waals surface area contributed by atoms with E-state index in [0.29, 0.717) is 17.7 Å². The van der Waals surface area contributed by atoms with Gasteiger partial charge in [0, 0.05) is 23.8 Å². The first-order chi connectivity index (χ1) is 15.3. The number of fused-ring (bicyclic) bond motifs is 4.